The van der Waals surface area contributed by atoms with E-state index in [2.05, 4.69) is 48.5 Å². The van der Waals surface area contributed by atoms with Crippen molar-refractivity contribution in [2.75, 3.05) is 0 Å². The van der Waals surface area contributed by atoms with Crippen molar-refractivity contribution < 1.29 is 0 Å². The molecule has 0 aliphatic carbocycles. The maximum absolute atomic E-state index is 13.5. The monoisotopic (exact) mass is 361 g/mol. The second-order valence-corrected chi connectivity index (χ2v) is 7.06. The van der Waals surface area contributed by atoms with Crippen molar-refractivity contribution >= 4 is 21.7 Å². The summed E-state index contributed by atoms with van der Waals surface area (Å²) in [6, 6.07) is 32.8. The molecule has 5 aromatic rings. The van der Waals surface area contributed by atoms with Gasteiger partial charge in [-0.2, -0.15) is 0 Å². The topological polar surface area (TPSA) is 22.0 Å². The van der Waals surface area contributed by atoms with E-state index in [1.165, 1.54) is 5.39 Å². The minimum Gasteiger partial charge on any atom is -0.311 e. The second-order valence-electron chi connectivity index (χ2n) is 7.06. The molecular weight excluding hydrogens is 342 g/mol. The van der Waals surface area contributed by atoms with Crippen LogP contribution in [-0.4, -0.2) is 4.57 Å². The summed E-state index contributed by atoms with van der Waals surface area (Å²) < 4.78 is 1.76. The van der Waals surface area contributed by atoms with Crippen molar-refractivity contribution in [1.82, 2.24) is 4.57 Å². The Morgan fingerprint density at radius 2 is 1.29 bits per heavy atom. The summed E-state index contributed by atoms with van der Waals surface area (Å²) in [6.07, 6.45) is 0. The van der Waals surface area contributed by atoms with E-state index in [0.717, 1.165) is 38.5 Å². The van der Waals surface area contributed by atoms with Gasteiger partial charge in [0.25, 0.3) is 5.56 Å². The average molecular weight is 361 g/mol. The Hall–Kier alpha value is -3.65. The van der Waals surface area contributed by atoms with Gasteiger partial charge in [0.15, 0.2) is 0 Å². The Kier molecular flexibility index (Phi) is 3.84. The minimum atomic E-state index is 0.0211. The number of aryl methyl sites for hydroxylation is 1. The lowest BCUT2D eigenvalue weighted by molar-refractivity contribution is 0.909. The first-order valence-electron chi connectivity index (χ1n) is 9.40. The van der Waals surface area contributed by atoms with Gasteiger partial charge in [-0.25, -0.2) is 0 Å². The van der Waals surface area contributed by atoms with Crippen molar-refractivity contribution in [3.05, 3.63) is 107 Å². The molecule has 0 saturated carbocycles. The van der Waals surface area contributed by atoms with Gasteiger partial charge >= 0.3 is 0 Å². The molecule has 0 amide bonds. The van der Waals surface area contributed by atoms with Crippen LogP contribution in [0.25, 0.3) is 43.9 Å². The van der Waals surface area contributed by atoms with Gasteiger partial charge in [0, 0.05) is 18.0 Å². The molecule has 0 atom stereocenters. The Bertz CT molecular complexity index is 1380. The summed E-state index contributed by atoms with van der Waals surface area (Å²) in [4.78, 5) is 13.5. The van der Waals surface area contributed by atoms with Gasteiger partial charge in [0.2, 0.25) is 0 Å². The number of pyridine rings is 1. The van der Waals surface area contributed by atoms with Crippen LogP contribution in [0.4, 0.5) is 0 Å². The van der Waals surface area contributed by atoms with Gasteiger partial charge in [-0.1, -0.05) is 84.9 Å². The quantitative estimate of drug-likeness (QED) is 0.376. The van der Waals surface area contributed by atoms with Crippen LogP contribution in [0.2, 0.25) is 0 Å². The second kappa shape index (κ2) is 6.50. The SMILES string of the molecule is Cn1c(=O)c(-c2ccc3ccccc3c2)c(-c2ccccc2)c2ccccc21. The average Bonchev–Trinajstić information content (AvgIpc) is 2.76. The Morgan fingerprint density at radius 1 is 0.607 bits per heavy atom. The standard InChI is InChI=1S/C26H19NO/c1-27-23-14-8-7-13-22(23)24(19-10-3-2-4-11-19)25(26(27)28)21-16-15-18-9-5-6-12-20(18)17-21/h2-17H,1H3. The molecule has 0 aliphatic heterocycles. The largest absolute Gasteiger partial charge is 0.311 e. The van der Waals surface area contributed by atoms with E-state index in [9.17, 15) is 4.79 Å². The smallest absolute Gasteiger partial charge is 0.259 e. The first-order valence-corrected chi connectivity index (χ1v) is 9.40. The van der Waals surface area contributed by atoms with Gasteiger partial charge in [0.05, 0.1) is 11.1 Å². The number of rotatable bonds is 2. The van der Waals surface area contributed by atoms with E-state index in [1.54, 1.807) is 4.57 Å². The van der Waals surface area contributed by atoms with E-state index in [1.807, 2.05) is 55.6 Å². The highest BCUT2D eigenvalue weighted by Gasteiger charge is 2.18. The third-order valence-electron chi connectivity index (χ3n) is 5.40. The van der Waals surface area contributed by atoms with Crippen LogP contribution in [0.1, 0.15) is 0 Å². The number of benzene rings is 4. The molecule has 1 heterocycles. The lowest BCUT2D eigenvalue weighted by Gasteiger charge is -2.17. The number of hydrogen-bond acceptors (Lipinski definition) is 1. The predicted octanol–water partition coefficient (Wildman–Crippen LogP) is 6.03. The number of aromatic nitrogens is 1. The molecule has 134 valence electrons. The molecule has 0 bridgehead atoms. The van der Waals surface area contributed by atoms with Gasteiger partial charge in [-0.15, -0.1) is 0 Å². The van der Waals surface area contributed by atoms with E-state index >= 15 is 0 Å². The van der Waals surface area contributed by atoms with Crippen LogP contribution in [0, 0.1) is 0 Å². The van der Waals surface area contributed by atoms with E-state index in [-0.39, 0.29) is 5.56 Å². The molecule has 2 heteroatoms. The maximum atomic E-state index is 13.5. The van der Waals surface area contributed by atoms with Crippen LogP contribution < -0.4 is 5.56 Å². The summed E-state index contributed by atoms with van der Waals surface area (Å²) >= 11 is 0. The third kappa shape index (κ3) is 2.54. The number of hydrogen-bond donors (Lipinski definition) is 0. The molecule has 0 radical (unpaired) electrons. The molecule has 2 nitrogen and oxygen atoms in total. The van der Waals surface area contributed by atoms with Crippen molar-refractivity contribution in [3.8, 4) is 22.3 Å². The molecule has 4 aromatic carbocycles. The first-order chi connectivity index (χ1) is 13.7. The van der Waals surface area contributed by atoms with Crippen molar-refractivity contribution in [2.24, 2.45) is 7.05 Å². The number of nitrogens with zero attached hydrogens (tertiary/aromatic N) is 1. The van der Waals surface area contributed by atoms with Gasteiger partial charge in [0.1, 0.15) is 0 Å². The summed E-state index contributed by atoms with van der Waals surface area (Å²) in [5.41, 5.74) is 4.71. The molecule has 5 rings (SSSR count). The highest BCUT2D eigenvalue weighted by atomic mass is 16.1. The zero-order chi connectivity index (χ0) is 19.1. The van der Waals surface area contributed by atoms with Crippen LogP contribution in [-0.2, 0) is 7.05 Å². The van der Waals surface area contributed by atoms with Crippen LogP contribution in [0.3, 0.4) is 0 Å². The Morgan fingerprint density at radius 3 is 2.11 bits per heavy atom. The summed E-state index contributed by atoms with van der Waals surface area (Å²) in [5.74, 6) is 0. The number of fused-ring (bicyclic) bond motifs is 2. The third-order valence-corrected chi connectivity index (χ3v) is 5.40. The van der Waals surface area contributed by atoms with Crippen molar-refractivity contribution in [1.29, 1.82) is 0 Å². The lowest BCUT2D eigenvalue weighted by Crippen LogP contribution is -2.20. The fraction of sp³-hybridized carbons (Fsp3) is 0.0385. The fourth-order valence-corrected chi connectivity index (χ4v) is 4.01. The summed E-state index contributed by atoms with van der Waals surface area (Å²) in [7, 11) is 1.85. The van der Waals surface area contributed by atoms with Gasteiger partial charge < -0.3 is 4.57 Å². The van der Waals surface area contributed by atoms with Gasteiger partial charge in [-0.3, -0.25) is 4.79 Å². The van der Waals surface area contributed by atoms with E-state index in [4.69, 9.17) is 0 Å². The van der Waals surface area contributed by atoms with E-state index < -0.39 is 0 Å². The Balaban J connectivity index is 1.95. The minimum absolute atomic E-state index is 0.0211. The van der Waals surface area contributed by atoms with E-state index in [0.29, 0.717) is 0 Å². The zero-order valence-corrected chi connectivity index (χ0v) is 15.6. The van der Waals surface area contributed by atoms with Crippen LogP contribution in [0.5, 0.6) is 0 Å². The highest BCUT2D eigenvalue weighted by molar-refractivity contribution is 6.03. The van der Waals surface area contributed by atoms with Gasteiger partial charge in [-0.05, 0) is 34.0 Å². The Labute approximate surface area is 163 Å². The summed E-state index contributed by atoms with van der Waals surface area (Å²) in [5, 5.41) is 3.39. The van der Waals surface area contributed by atoms with Crippen molar-refractivity contribution in [3.63, 3.8) is 0 Å². The normalized spacial score (nSPS) is 11.2. The molecule has 0 saturated heterocycles. The highest BCUT2D eigenvalue weighted by Crippen LogP contribution is 2.36. The predicted molar refractivity (Wildman–Crippen MR) is 118 cm³/mol. The molecule has 1 aromatic heterocycles. The fourth-order valence-electron chi connectivity index (χ4n) is 4.01. The maximum Gasteiger partial charge on any atom is 0.259 e. The number of para-hydroxylation sites is 1. The molecule has 0 unspecified atom stereocenters. The van der Waals surface area contributed by atoms with Crippen molar-refractivity contribution in [2.45, 2.75) is 0 Å². The molecule has 0 spiro atoms. The first kappa shape index (κ1) is 16.5. The molecular formula is C26H19NO. The molecule has 28 heavy (non-hydrogen) atoms. The summed E-state index contributed by atoms with van der Waals surface area (Å²) in [6.45, 7) is 0. The lowest BCUT2D eigenvalue weighted by atomic mass is 9.91. The zero-order valence-electron chi connectivity index (χ0n) is 15.6. The molecule has 0 N–H and O–H groups in total. The molecule has 0 fully saturated rings. The molecule has 0 aliphatic rings. The van der Waals surface area contributed by atoms with Crippen LogP contribution >= 0.6 is 0 Å². The van der Waals surface area contributed by atoms with Crippen LogP contribution in [0.15, 0.2) is 102 Å².